The Morgan fingerprint density at radius 2 is 2.40 bits per heavy atom. The van der Waals surface area contributed by atoms with E-state index < -0.39 is 0 Å². The van der Waals surface area contributed by atoms with Crippen LogP contribution in [0.1, 0.15) is 25.5 Å². The number of hydrogen-bond donors (Lipinski definition) is 1. The SMILES string of the molecule is CC1COC(CO)CN1C(=O)CCCc1ccccn1. The van der Waals surface area contributed by atoms with Crippen molar-refractivity contribution < 1.29 is 14.6 Å². The Kier molecular flexibility index (Phi) is 5.49. The van der Waals surface area contributed by atoms with E-state index in [0.717, 1.165) is 18.5 Å². The Bertz CT molecular complexity index is 424. The van der Waals surface area contributed by atoms with E-state index in [1.807, 2.05) is 30.0 Å². The summed E-state index contributed by atoms with van der Waals surface area (Å²) in [5.41, 5.74) is 1.02. The number of nitrogens with zero attached hydrogens (tertiary/aromatic N) is 2. The van der Waals surface area contributed by atoms with Gasteiger partial charge in [-0.25, -0.2) is 0 Å². The lowest BCUT2D eigenvalue weighted by atomic mass is 10.1. The van der Waals surface area contributed by atoms with Crippen molar-refractivity contribution in [2.24, 2.45) is 0 Å². The zero-order valence-corrected chi connectivity index (χ0v) is 11.9. The quantitative estimate of drug-likeness (QED) is 0.873. The van der Waals surface area contributed by atoms with Crippen LogP contribution in [0.4, 0.5) is 0 Å². The predicted molar refractivity (Wildman–Crippen MR) is 75.2 cm³/mol. The molecule has 2 unspecified atom stereocenters. The number of rotatable bonds is 5. The van der Waals surface area contributed by atoms with Crippen molar-refractivity contribution in [1.29, 1.82) is 0 Å². The van der Waals surface area contributed by atoms with Gasteiger partial charge in [0.2, 0.25) is 5.91 Å². The van der Waals surface area contributed by atoms with Crippen molar-refractivity contribution in [3.05, 3.63) is 30.1 Å². The molecular weight excluding hydrogens is 256 g/mol. The number of aromatic nitrogens is 1. The summed E-state index contributed by atoms with van der Waals surface area (Å²) in [7, 11) is 0. The smallest absolute Gasteiger partial charge is 0.222 e. The number of hydrogen-bond acceptors (Lipinski definition) is 4. The molecule has 110 valence electrons. The highest BCUT2D eigenvalue weighted by Crippen LogP contribution is 2.14. The summed E-state index contributed by atoms with van der Waals surface area (Å²) in [6.07, 6.45) is 3.65. The average molecular weight is 278 g/mol. The Labute approximate surface area is 119 Å². The third kappa shape index (κ3) is 4.02. The topological polar surface area (TPSA) is 62.7 Å². The third-order valence-electron chi connectivity index (χ3n) is 3.58. The molecule has 1 aliphatic heterocycles. The van der Waals surface area contributed by atoms with Crippen LogP contribution in [0.25, 0.3) is 0 Å². The number of ether oxygens (including phenoxy) is 1. The summed E-state index contributed by atoms with van der Waals surface area (Å²) in [5, 5.41) is 9.13. The second kappa shape index (κ2) is 7.36. The molecule has 1 N–H and O–H groups in total. The second-order valence-electron chi connectivity index (χ2n) is 5.21. The number of carbonyl (C=O) groups is 1. The first-order chi connectivity index (χ1) is 9.70. The largest absolute Gasteiger partial charge is 0.394 e. The van der Waals surface area contributed by atoms with E-state index in [1.165, 1.54) is 0 Å². The molecule has 1 saturated heterocycles. The van der Waals surface area contributed by atoms with Gasteiger partial charge in [0, 0.05) is 24.9 Å². The monoisotopic (exact) mass is 278 g/mol. The van der Waals surface area contributed by atoms with Crippen molar-refractivity contribution in [2.75, 3.05) is 19.8 Å². The fraction of sp³-hybridized carbons (Fsp3) is 0.600. The van der Waals surface area contributed by atoms with Gasteiger partial charge in [-0.05, 0) is 31.9 Å². The van der Waals surface area contributed by atoms with Crippen LogP contribution in [0.5, 0.6) is 0 Å². The highest BCUT2D eigenvalue weighted by atomic mass is 16.5. The number of morpholine rings is 1. The van der Waals surface area contributed by atoms with Crippen molar-refractivity contribution in [2.45, 2.75) is 38.3 Å². The molecule has 1 amide bonds. The van der Waals surface area contributed by atoms with E-state index in [9.17, 15) is 4.79 Å². The van der Waals surface area contributed by atoms with Gasteiger partial charge in [-0.1, -0.05) is 6.07 Å². The summed E-state index contributed by atoms with van der Waals surface area (Å²) in [6, 6.07) is 5.91. The van der Waals surface area contributed by atoms with Crippen LogP contribution in [0.2, 0.25) is 0 Å². The molecule has 0 bridgehead atoms. The van der Waals surface area contributed by atoms with Gasteiger partial charge >= 0.3 is 0 Å². The van der Waals surface area contributed by atoms with Crippen molar-refractivity contribution in [1.82, 2.24) is 9.88 Å². The van der Waals surface area contributed by atoms with Gasteiger partial charge in [0.25, 0.3) is 0 Å². The minimum atomic E-state index is -0.244. The highest BCUT2D eigenvalue weighted by molar-refractivity contribution is 5.76. The van der Waals surface area contributed by atoms with Gasteiger partial charge < -0.3 is 14.7 Å². The number of pyridine rings is 1. The van der Waals surface area contributed by atoms with E-state index >= 15 is 0 Å². The summed E-state index contributed by atoms with van der Waals surface area (Å²) in [6.45, 7) is 2.92. The molecule has 0 radical (unpaired) electrons. The first kappa shape index (κ1) is 14.9. The van der Waals surface area contributed by atoms with Crippen LogP contribution in [0, 0.1) is 0 Å². The summed E-state index contributed by atoms with van der Waals surface area (Å²) >= 11 is 0. The van der Waals surface area contributed by atoms with Crippen molar-refractivity contribution >= 4 is 5.91 Å². The Morgan fingerprint density at radius 1 is 1.55 bits per heavy atom. The van der Waals surface area contributed by atoms with Crippen LogP contribution in [0.15, 0.2) is 24.4 Å². The maximum absolute atomic E-state index is 12.2. The number of aryl methyl sites for hydroxylation is 1. The fourth-order valence-corrected chi connectivity index (χ4v) is 2.39. The van der Waals surface area contributed by atoms with Crippen LogP contribution < -0.4 is 0 Å². The molecule has 1 fully saturated rings. The second-order valence-corrected chi connectivity index (χ2v) is 5.21. The van der Waals surface area contributed by atoms with E-state index in [0.29, 0.717) is 19.6 Å². The Balaban J connectivity index is 1.79. The molecule has 5 heteroatoms. The molecule has 0 aromatic carbocycles. The number of aliphatic hydroxyl groups is 1. The fourth-order valence-electron chi connectivity index (χ4n) is 2.39. The van der Waals surface area contributed by atoms with Crippen molar-refractivity contribution in [3.8, 4) is 0 Å². The molecule has 0 spiro atoms. The van der Waals surface area contributed by atoms with E-state index in [2.05, 4.69) is 4.98 Å². The predicted octanol–water partition coefficient (Wildman–Crippen LogP) is 1.01. The average Bonchev–Trinajstić information content (AvgIpc) is 2.48. The molecule has 0 aliphatic carbocycles. The number of carbonyl (C=O) groups excluding carboxylic acids is 1. The van der Waals surface area contributed by atoms with Crippen LogP contribution in [-0.2, 0) is 16.0 Å². The zero-order valence-electron chi connectivity index (χ0n) is 11.9. The molecule has 2 heterocycles. The summed E-state index contributed by atoms with van der Waals surface area (Å²) in [5.74, 6) is 0.134. The lowest BCUT2D eigenvalue weighted by molar-refractivity contribution is -0.146. The van der Waals surface area contributed by atoms with Gasteiger partial charge in [0.15, 0.2) is 0 Å². The molecule has 1 aromatic rings. The maximum atomic E-state index is 12.2. The lowest BCUT2D eigenvalue weighted by Gasteiger charge is -2.37. The minimum Gasteiger partial charge on any atom is -0.394 e. The van der Waals surface area contributed by atoms with E-state index in [4.69, 9.17) is 9.84 Å². The Morgan fingerprint density at radius 3 is 3.10 bits per heavy atom. The van der Waals surface area contributed by atoms with Crippen LogP contribution in [0.3, 0.4) is 0 Å². The molecule has 20 heavy (non-hydrogen) atoms. The normalized spacial score (nSPS) is 22.8. The van der Waals surface area contributed by atoms with Gasteiger partial charge in [-0.15, -0.1) is 0 Å². The molecule has 1 aliphatic rings. The van der Waals surface area contributed by atoms with E-state index in [-0.39, 0.29) is 24.7 Å². The van der Waals surface area contributed by atoms with Crippen LogP contribution in [-0.4, -0.2) is 52.8 Å². The molecule has 5 nitrogen and oxygen atoms in total. The standard InChI is InChI=1S/C15H22N2O3/c1-12-11-20-14(10-18)9-17(12)15(19)7-4-6-13-5-2-3-8-16-13/h2-3,5,8,12,14,18H,4,6-7,9-11H2,1H3. The lowest BCUT2D eigenvalue weighted by Crippen LogP contribution is -2.52. The first-order valence-corrected chi connectivity index (χ1v) is 7.12. The molecular formula is C15H22N2O3. The summed E-state index contributed by atoms with van der Waals surface area (Å²) < 4.78 is 5.44. The van der Waals surface area contributed by atoms with E-state index in [1.54, 1.807) is 6.20 Å². The summed E-state index contributed by atoms with van der Waals surface area (Å²) in [4.78, 5) is 18.3. The molecule has 2 rings (SSSR count). The Hall–Kier alpha value is -1.46. The van der Waals surface area contributed by atoms with Gasteiger partial charge in [-0.2, -0.15) is 0 Å². The maximum Gasteiger partial charge on any atom is 0.222 e. The minimum absolute atomic E-state index is 0.0373. The van der Waals surface area contributed by atoms with Gasteiger partial charge in [-0.3, -0.25) is 9.78 Å². The number of aliphatic hydroxyl groups excluding tert-OH is 1. The van der Waals surface area contributed by atoms with Gasteiger partial charge in [0.1, 0.15) is 0 Å². The van der Waals surface area contributed by atoms with Crippen LogP contribution >= 0.6 is 0 Å². The van der Waals surface area contributed by atoms with Crippen molar-refractivity contribution in [3.63, 3.8) is 0 Å². The zero-order chi connectivity index (χ0) is 14.4. The number of amides is 1. The highest BCUT2D eigenvalue weighted by Gasteiger charge is 2.28. The van der Waals surface area contributed by atoms with Gasteiger partial charge in [0.05, 0.1) is 25.4 Å². The first-order valence-electron chi connectivity index (χ1n) is 7.12. The molecule has 2 atom stereocenters. The molecule has 1 aromatic heterocycles. The molecule has 0 saturated carbocycles. The third-order valence-corrected chi connectivity index (χ3v) is 3.58.